The summed E-state index contributed by atoms with van der Waals surface area (Å²) in [4.78, 5) is 12.7. The number of hydrogen-bond donors (Lipinski definition) is 2. The minimum atomic E-state index is -4.56. The van der Waals surface area contributed by atoms with Crippen molar-refractivity contribution in [3.63, 3.8) is 0 Å². The third-order valence-electron chi connectivity index (χ3n) is 4.50. The lowest BCUT2D eigenvalue weighted by Gasteiger charge is -2.46. The normalized spacial score (nSPS) is 25.6. The van der Waals surface area contributed by atoms with Crippen LogP contribution in [-0.4, -0.2) is 50.2 Å². The molecule has 4 atom stereocenters. The van der Waals surface area contributed by atoms with Crippen molar-refractivity contribution in [1.29, 1.82) is 0 Å². The Hall–Kier alpha value is -0.670. The molecule has 1 fully saturated rings. The maximum absolute atomic E-state index is 13.6. The van der Waals surface area contributed by atoms with E-state index in [1.807, 2.05) is 20.8 Å². The molecule has 1 rings (SSSR count). The summed E-state index contributed by atoms with van der Waals surface area (Å²) in [5.41, 5.74) is -0.490. The highest BCUT2D eigenvalue weighted by atomic mass is 32.2. The molecular weight excluding hydrogens is 357 g/mol. The third kappa shape index (κ3) is 5.92. The van der Waals surface area contributed by atoms with E-state index in [0.717, 1.165) is 0 Å². The monoisotopic (exact) mass is 386 g/mol. The molecule has 9 heteroatoms. The number of likely N-dealkylation sites (tertiary alicyclic amines) is 1. The second-order valence-corrected chi connectivity index (χ2v) is 10.7. The van der Waals surface area contributed by atoms with Crippen LogP contribution in [0.1, 0.15) is 54.4 Å². The van der Waals surface area contributed by atoms with E-state index < -0.39 is 51.8 Å². The maximum Gasteiger partial charge on any atom is 0.408 e. The number of carbonyl (C=O) groups is 1. The Morgan fingerprint density at radius 3 is 2.12 bits per heavy atom. The predicted molar refractivity (Wildman–Crippen MR) is 91.6 cm³/mol. The first kappa shape index (κ1) is 22.4. The lowest BCUT2D eigenvalue weighted by molar-refractivity contribution is -0.169. The highest BCUT2D eigenvalue weighted by Gasteiger charge is 2.52. The summed E-state index contributed by atoms with van der Waals surface area (Å²) in [5, 5.41) is 9.35. The standard InChI is InChI=1S/C16H29F3N2O3S/c1-14(2,3)11-9-10(7-8-21(11)13(22)23)12(16(17,18)19)20-25(24)15(4,5)6/h10-12,20H,7-9H2,1-6H3,(H,22,23)/t10-,11-,12+,25?/m0/s1. The molecule has 0 bridgehead atoms. The van der Waals surface area contributed by atoms with Crippen LogP contribution in [0.25, 0.3) is 0 Å². The van der Waals surface area contributed by atoms with Gasteiger partial charge in [-0.1, -0.05) is 20.8 Å². The number of carboxylic acid groups (broad SMARTS) is 1. The zero-order valence-corrected chi connectivity index (χ0v) is 16.4. The van der Waals surface area contributed by atoms with Gasteiger partial charge in [0, 0.05) is 23.9 Å². The fraction of sp³-hybridized carbons (Fsp3) is 0.938. The van der Waals surface area contributed by atoms with Gasteiger partial charge in [-0.2, -0.15) is 13.2 Å². The Balaban J connectivity index is 3.06. The number of piperidine rings is 1. The van der Waals surface area contributed by atoms with Crippen LogP contribution in [0.5, 0.6) is 0 Å². The van der Waals surface area contributed by atoms with E-state index in [2.05, 4.69) is 4.72 Å². The molecule has 0 aliphatic carbocycles. The van der Waals surface area contributed by atoms with Crippen LogP contribution in [0.3, 0.4) is 0 Å². The third-order valence-corrected chi connectivity index (χ3v) is 6.08. The van der Waals surface area contributed by atoms with Crippen LogP contribution in [0.4, 0.5) is 18.0 Å². The molecule has 1 aliphatic heterocycles. The van der Waals surface area contributed by atoms with Gasteiger partial charge < -0.3 is 14.6 Å². The molecule has 2 N–H and O–H groups in total. The summed E-state index contributed by atoms with van der Waals surface area (Å²) in [6, 6.07) is -2.45. The van der Waals surface area contributed by atoms with Gasteiger partial charge >= 0.3 is 12.3 Å². The Labute approximate surface area is 150 Å². The molecule has 1 heterocycles. The minimum Gasteiger partial charge on any atom is -0.598 e. The SMILES string of the molecule is CC(C)(C)[C@@H]1C[C@@H]([C@@H](N[S+]([O-])C(C)(C)C)C(F)(F)F)CCN1C(=O)O. The second kappa shape index (κ2) is 7.52. The fourth-order valence-electron chi connectivity index (χ4n) is 3.07. The molecular formula is C16H29F3N2O3S. The Morgan fingerprint density at radius 2 is 1.76 bits per heavy atom. The summed E-state index contributed by atoms with van der Waals surface area (Å²) < 4.78 is 54.5. The molecule has 0 saturated carbocycles. The average Bonchev–Trinajstić information content (AvgIpc) is 2.40. The molecule has 1 amide bonds. The molecule has 0 aromatic carbocycles. The molecule has 1 aliphatic rings. The topological polar surface area (TPSA) is 75.6 Å². The lowest BCUT2D eigenvalue weighted by Crippen LogP contribution is -2.59. The van der Waals surface area contributed by atoms with Crippen LogP contribution >= 0.6 is 0 Å². The summed E-state index contributed by atoms with van der Waals surface area (Å²) in [6.45, 7) is 10.3. The van der Waals surface area contributed by atoms with E-state index in [4.69, 9.17) is 0 Å². The molecule has 0 aromatic rings. The zero-order chi connectivity index (χ0) is 19.8. The van der Waals surface area contributed by atoms with Crippen LogP contribution < -0.4 is 4.72 Å². The van der Waals surface area contributed by atoms with Gasteiger partial charge in [0.2, 0.25) is 0 Å². The zero-order valence-electron chi connectivity index (χ0n) is 15.6. The van der Waals surface area contributed by atoms with Crippen LogP contribution in [-0.2, 0) is 11.4 Å². The van der Waals surface area contributed by atoms with Gasteiger partial charge in [-0.05, 0) is 44.9 Å². The minimum absolute atomic E-state index is 0.0400. The van der Waals surface area contributed by atoms with Crippen molar-refractivity contribution in [2.24, 2.45) is 11.3 Å². The van der Waals surface area contributed by atoms with Gasteiger partial charge in [0.1, 0.15) is 4.75 Å². The molecule has 1 unspecified atom stereocenters. The van der Waals surface area contributed by atoms with E-state index in [-0.39, 0.29) is 19.4 Å². The van der Waals surface area contributed by atoms with Crippen molar-refractivity contribution in [3.8, 4) is 0 Å². The molecule has 0 aromatic heterocycles. The Kier molecular flexibility index (Phi) is 6.73. The quantitative estimate of drug-likeness (QED) is 0.724. The number of hydrogen-bond acceptors (Lipinski definition) is 3. The summed E-state index contributed by atoms with van der Waals surface area (Å²) in [6.07, 6.45) is -5.52. The van der Waals surface area contributed by atoms with E-state index in [1.54, 1.807) is 20.8 Å². The first-order valence-corrected chi connectivity index (χ1v) is 9.44. The van der Waals surface area contributed by atoms with E-state index in [9.17, 15) is 27.6 Å². The molecule has 5 nitrogen and oxygen atoms in total. The Morgan fingerprint density at radius 1 is 1.24 bits per heavy atom. The van der Waals surface area contributed by atoms with Crippen molar-refractivity contribution in [1.82, 2.24) is 9.62 Å². The van der Waals surface area contributed by atoms with Gasteiger partial charge in [0.25, 0.3) is 0 Å². The van der Waals surface area contributed by atoms with Gasteiger partial charge in [-0.3, -0.25) is 0 Å². The fourth-order valence-corrected chi connectivity index (χ4v) is 3.98. The first-order chi connectivity index (χ1) is 11.0. The molecule has 0 radical (unpaired) electrons. The smallest absolute Gasteiger partial charge is 0.408 e. The predicted octanol–water partition coefficient (Wildman–Crippen LogP) is 3.77. The van der Waals surface area contributed by atoms with Crippen molar-refractivity contribution in [2.45, 2.75) is 77.4 Å². The average molecular weight is 386 g/mol. The van der Waals surface area contributed by atoms with Gasteiger partial charge in [-0.25, -0.2) is 4.79 Å². The van der Waals surface area contributed by atoms with Crippen molar-refractivity contribution >= 4 is 17.5 Å². The van der Waals surface area contributed by atoms with Crippen LogP contribution in [0.15, 0.2) is 0 Å². The molecule has 25 heavy (non-hydrogen) atoms. The van der Waals surface area contributed by atoms with Gasteiger partial charge in [-0.15, -0.1) is 4.72 Å². The molecule has 0 spiro atoms. The van der Waals surface area contributed by atoms with Gasteiger partial charge in [0.05, 0.1) is 0 Å². The van der Waals surface area contributed by atoms with Crippen molar-refractivity contribution in [3.05, 3.63) is 0 Å². The summed E-state index contributed by atoms with van der Waals surface area (Å²) in [7, 11) is 0. The van der Waals surface area contributed by atoms with Crippen LogP contribution in [0.2, 0.25) is 0 Å². The number of nitrogens with one attached hydrogen (secondary N) is 1. The highest BCUT2D eigenvalue weighted by Crippen LogP contribution is 2.40. The number of halogens is 3. The Bertz CT molecular complexity index is 475. The summed E-state index contributed by atoms with van der Waals surface area (Å²) >= 11 is -1.87. The van der Waals surface area contributed by atoms with Crippen molar-refractivity contribution in [2.75, 3.05) is 6.54 Å². The first-order valence-electron chi connectivity index (χ1n) is 8.29. The van der Waals surface area contributed by atoms with Crippen LogP contribution in [0, 0.1) is 11.3 Å². The number of nitrogens with zero attached hydrogens (tertiary/aromatic N) is 1. The number of rotatable bonds is 3. The number of amides is 1. The van der Waals surface area contributed by atoms with E-state index >= 15 is 0 Å². The lowest BCUT2D eigenvalue weighted by atomic mass is 9.75. The second-order valence-electron chi connectivity index (χ2n) is 8.66. The number of alkyl halides is 3. The molecule has 148 valence electrons. The largest absolute Gasteiger partial charge is 0.598 e. The van der Waals surface area contributed by atoms with E-state index in [0.29, 0.717) is 0 Å². The van der Waals surface area contributed by atoms with Gasteiger partial charge in [0.15, 0.2) is 6.04 Å². The van der Waals surface area contributed by atoms with Crippen molar-refractivity contribution < 1.29 is 27.6 Å². The summed E-state index contributed by atoms with van der Waals surface area (Å²) in [5.74, 6) is -0.828. The highest BCUT2D eigenvalue weighted by molar-refractivity contribution is 7.90. The maximum atomic E-state index is 13.6. The molecule has 1 saturated heterocycles. The van der Waals surface area contributed by atoms with E-state index in [1.165, 1.54) is 4.90 Å².